The van der Waals surface area contributed by atoms with Crippen LogP contribution in [0.25, 0.3) is 0 Å². The standard InChI is InChI=1S/C55H98O6/c1-4-7-10-13-16-19-22-24-26-27-28-29-30-32-33-36-39-42-45-48-54(57)60-51-52(50-59-53(56)47-44-41-38-35-21-18-15-12-9-6-3)61-55(58)49-46-43-40-37-34-31-25-23-20-17-14-11-8-5-2/h12,15-16,19,23-26,52H,4-11,13-14,17-18,20-22,27-51H2,1-3H3/b15-12-,19-16-,25-23-,26-24-. The summed E-state index contributed by atoms with van der Waals surface area (Å²) in [6.45, 7) is 6.54. The van der Waals surface area contributed by atoms with E-state index >= 15 is 0 Å². The summed E-state index contributed by atoms with van der Waals surface area (Å²) in [7, 11) is 0. The molecular formula is C55H98O6. The lowest BCUT2D eigenvalue weighted by Gasteiger charge is -2.18. The van der Waals surface area contributed by atoms with Crippen LogP contribution in [0.2, 0.25) is 0 Å². The lowest BCUT2D eigenvalue weighted by atomic mass is 10.1. The lowest BCUT2D eigenvalue weighted by Crippen LogP contribution is -2.30. The highest BCUT2D eigenvalue weighted by molar-refractivity contribution is 5.71. The number of allylic oxidation sites excluding steroid dienone is 8. The third-order valence-electron chi connectivity index (χ3n) is 11.3. The van der Waals surface area contributed by atoms with Gasteiger partial charge in [-0.2, -0.15) is 0 Å². The minimum Gasteiger partial charge on any atom is -0.462 e. The van der Waals surface area contributed by atoms with E-state index in [2.05, 4.69) is 69.4 Å². The summed E-state index contributed by atoms with van der Waals surface area (Å²) in [4.78, 5) is 37.9. The molecule has 0 aromatic rings. The van der Waals surface area contributed by atoms with Crippen molar-refractivity contribution in [3.63, 3.8) is 0 Å². The van der Waals surface area contributed by atoms with Crippen molar-refractivity contribution >= 4 is 17.9 Å². The lowest BCUT2D eigenvalue weighted by molar-refractivity contribution is -0.167. The van der Waals surface area contributed by atoms with Crippen molar-refractivity contribution in [2.45, 2.75) is 271 Å². The number of rotatable bonds is 47. The van der Waals surface area contributed by atoms with Gasteiger partial charge in [-0.3, -0.25) is 14.4 Å². The van der Waals surface area contributed by atoms with Crippen molar-refractivity contribution < 1.29 is 28.6 Å². The number of unbranched alkanes of at least 4 members (excludes halogenated alkanes) is 28. The summed E-state index contributed by atoms with van der Waals surface area (Å²) in [5.74, 6) is -0.898. The molecule has 0 N–H and O–H groups in total. The first-order chi connectivity index (χ1) is 30.0. The fourth-order valence-electron chi connectivity index (χ4n) is 7.29. The Bertz CT molecular complexity index is 1070. The summed E-state index contributed by atoms with van der Waals surface area (Å²) >= 11 is 0. The number of hydrogen-bond donors (Lipinski definition) is 0. The van der Waals surface area contributed by atoms with Crippen molar-refractivity contribution in [2.75, 3.05) is 13.2 Å². The second-order valence-corrected chi connectivity index (χ2v) is 17.4. The van der Waals surface area contributed by atoms with Gasteiger partial charge in [0, 0.05) is 19.3 Å². The Hall–Kier alpha value is -2.63. The molecule has 0 saturated carbocycles. The first kappa shape index (κ1) is 58.4. The van der Waals surface area contributed by atoms with Crippen LogP contribution in [-0.2, 0) is 28.6 Å². The van der Waals surface area contributed by atoms with Gasteiger partial charge >= 0.3 is 17.9 Å². The van der Waals surface area contributed by atoms with Crippen LogP contribution in [0.1, 0.15) is 265 Å². The van der Waals surface area contributed by atoms with Gasteiger partial charge in [0.25, 0.3) is 0 Å². The quantitative estimate of drug-likeness (QED) is 0.0263. The van der Waals surface area contributed by atoms with E-state index in [1.54, 1.807) is 0 Å². The van der Waals surface area contributed by atoms with Gasteiger partial charge in [0.1, 0.15) is 13.2 Å². The SMILES string of the molecule is CCC/C=C\CCCCCCCC(=O)OCC(COC(=O)CCCCCCCCCCC/C=C\C/C=C\CCCCC)OC(=O)CCCCCCC/C=C\CCCCCCC. The molecule has 61 heavy (non-hydrogen) atoms. The molecule has 1 unspecified atom stereocenters. The number of hydrogen-bond acceptors (Lipinski definition) is 6. The maximum Gasteiger partial charge on any atom is 0.306 e. The maximum atomic E-state index is 12.8. The molecule has 0 aliphatic rings. The smallest absolute Gasteiger partial charge is 0.306 e. The van der Waals surface area contributed by atoms with E-state index in [-0.39, 0.29) is 31.1 Å². The Morgan fingerprint density at radius 1 is 0.328 bits per heavy atom. The molecular weight excluding hydrogens is 757 g/mol. The predicted molar refractivity (Wildman–Crippen MR) is 261 cm³/mol. The van der Waals surface area contributed by atoms with Crippen LogP contribution in [0, 0.1) is 0 Å². The van der Waals surface area contributed by atoms with Gasteiger partial charge in [-0.15, -0.1) is 0 Å². The molecule has 0 aromatic heterocycles. The van der Waals surface area contributed by atoms with Gasteiger partial charge in [-0.05, 0) is 96.3 Å². The number of carbonyl (C=O) groups excluding carboxylic acids is 3. The van der Waals surface area contributed by atoms with Gasteiger partial charge in [0.2, 0.25) is 0 Å². The van der Waals surface area contributed by atoms with Crippen LogP contribution < -0.4 is 0 Å². The van der Waals surface area contributed by atoms with E-state index in [1.165, 1.54) is 135 Å². The minimum absolute atomic E-state index is 0.0806. The Kier molecular flexibility index (Phi) is 47.9. The van der Waals surface area contributed by atoms with Crippen LogP contribution in [-0.4, -0.2) is 37.2 Å². The first-order valence-electron chi connectivity index (χ1n) is 26.1. The zero-order valence-corrected chi connectivity index (χ0v) is 40.4. The molecule has 0 aliphatic carbocycles. The van der Waals surface area contributed by atoms with Crippen molar-refractivity contribution in [2.24, 2.45) is 0 Å². The van der Waals surface area contributed by atoms with Gasteiger partial charge in [-0.25, -0.2) is 0 Å². The molecule has 0 spiro atoms. The minimum atomic E-state index is -0.780. The highest BCUT2D eigenvalue weighted by Gasteiger charge is 2.19. The fourth-order valence-corrected chi connectivity index (χ4v) is 7.29. The number of esters is 3. The Balaban J connectivity index is 4.32. The monoisotopic (exact) mass is 855 g/mol. The molecule has 6 heteroatoms. The highest BCUT2D eigenvalue weighted by atomic mass is 16.6. The highest BCUT2D eigenvalue weighted by Crippen LogP contribution is 2.15. The van der Waals surface area contributed by atoms with Crippen LogP contribution in [0.15, 0.2) is 48.6 Å². The van der Waals surface area contributed by atoms with E-state index < -0.39 is 6.10 Å². The number of carbonyl (C=O) groups is 3. The summed E-state index contributed by atoms with van der Waals surface area (Å²) in [5, 5.41) is 0. The Morgan fingerprint density at radius 3 is 1.02 bits per heavy atom. The molecule has 0 aromatic carbocycles. The largest absolute Gasteiger partial charge is 0.462 e. The average Bonchev–Trinajstić information content (AvgIpc) is 3.26. The third kappa shape index (κ3) is 48.3. The van der Waals surface area contributed by atoms with E-state index in [0.29, 0.717) is 19.3 Å². The van der Waals surface area contributed by atoms with Gasteiger partial charge in [0.15, 0.2) is 6.10 Å². The molecule has 0 rings (SSSR count). The van der Waals surface area contributed by atoms with Crippen LogP contribution in [0.4, 0.5) is 0 Å². The fraction of sp³-hybridized carbons (Fsp3) is 0.800. The normalized spacial score (nSPS) is 12.4. The van der Waals surface area contributed by atoms with Crippen molar-refractivity contribution in [3.05, 3.63) is 48.6 Å². The second-order valence-electron chi connectivity index (χ2n) is 17.4. The third-order valence-corrected chi connectivity index (χ3v) is 11.3. The zero-order chi connectivity index (χ0) is 44.4. The van der Waals surface area contributed by atoms with Gasteiger partial charge in [-0.1, -0.05) is 198 Å². The molecule has 6 nitrogen and oxygen atoms in total. The molecule has 354 valence electrons. The van der Waals surface area contributed by atoms with Crippen molar-refractivity contribution in [1.29, 1.82) is 0 Å². The van der Waals surface area contributed by atoms with Gasteiger partial charge in [0.05, 0.1) is 0 Å². The Labute approximate surface area is 378 Å². The van der Waals surface area contributed by atoms with E-state index in [4.69, 9.17) is 14.2 Å². The molecule has 0 fully saturated rings. The molecule has 1 atom stereocenters. The summed E-state index contributed by atoms with van der Waals surface area (Å²) in [5.41, 5.74) is 0. The summed E-state index contributed by atoms with van der Waals surface area (Å²) in [6, 6.07) is 0. The van der Waals surface area contributed by atoms with Crippen molar-refractivity contribution in [3.8, 4) is 0 Å². The van der Waals surface area contributed by atoms with Crippen molar-refractivity contribution in [1.82, 2.24) is 0 Å². The van der Waals surface area contributed by atoms with Crippen LogP contribution in [0.3, 0.4) is 0 Å². The maximum absolute atomic E-state index is 12.8. The van der Waals surface area contributed by atoms with E-state index in [9.17, 15) is 14.4 Å². The Morgan fingerprint density at radius 2 is 0.623 bits per heavy atom. The number of ether oxygens (including phenoxy) is 3. The molecule has 0 heterocycles. The first-order valence-corrected chi connectivity index (χ1v) is 26.1. The second kappa shape index (κ2) is 50.0. The predicted octanol–water partition coefficient (Wildman–Crippen LogP) is 17.1. The van der Waals surface area contributed by atoms with Gasteiger partial charge < -0.3 is 14.2 Å². The summed E-state index contributed by atoms with van der Waals surface area (Å²) in [6.07, 6.45) is 59.5. The van der Waals surface area contributed by atoms with E-state index in [0.717, 1.165) is 89.9 Å². The molecule has 0 aliphatic heterocycles. The topological polar surface area (TPSA) is 78.9 Å². The van der Waals surface area contributed by atoms with Crippen LogP contribution in [0.5, 0.6) is 0 Å². The molecule has 0 bridgehead atoms. The van der Waals surface area contributed by atoms with Crippen LogP contribution >= 0.6 is 0 Å². The zero-order valence-electron chi connectivity index (χ0n) is 40.4. The average molecular weight is 855 g/mol. The molecule has 0 amide bonds. The summed E-state index contributed by atoms with van der Waals surface area (Å²) < 4.78 is 16.8. The molecule has 0 saturated heterocycles. The van der Waals surface area contributed by atoms with E-state index in [1.807, 2.05) is 0 Å². The molecule has 0 radical (unpaired) electrons.